The number of hydrogen-bond donors (Lipinski definition) is 0. The molecule has 0 aliphatic heterocycles. The summed E-state index contributed by atoms with van der Waals surface area (Å²) in [7, 11) is 1.58. The van der Waals surface area contributed by atoms with E-state index in [2.05, 4.69) is 6.07 Å². The molecule has 0 radical (unpaired) electrons. The Kier molecular flexibility index (Phi) is 4.44. The van der Waals surface area contributed by atoms with Crippen LogP contribution in [0.25, 0.3) is 22.4 Å². The Balaban J connectivity index is 2.16. The van der Waals surface area contributed by atoms with Gasteiger partial charge in [0.05, 0.1) is 23.7 Å². The van der Waals surface area contributed by atoms with Gasteiger partial charge in [-0.25, -0.2) is 0 Å². The fourth-order valence-electron chi connectivity index (χ4n) is 2.69. The van der Waals surface area contributed by atoms with Gasteiger partial charge in [0.25, 0.3) is 5.69 Å². The highest BCUT2D eigenvalue weighted by molar-refractivity contribution is 6.00. The molecule has 25 heavy (non-hydrogen) atoms. The zero-order valence-electron chi connectivity index (χ0n) is 13.5. The number of non-ortho nitro benzene ring substituents is 1. The molecule has 0 saturated heterocycles. The van der Waals surface area contributed by atoms with Crippen molar-refractivity contribution in [3.05, 3.63) is 81.9 Å². The number of nitro benzene ring substituents is 1. The van der Waals surface area contributed by atoms with E-state index in [1.54, 1.807) is 25.3 Å². The lowest BCUT2D eigenvalue weighted by Gasteiger charge is -2.10. The Morgan fingerprint density at radius 2 is 1.84 bits per heavy atom. The van der Waals surface area contributed by atoms with Gasteiger partial charge in [0, 0.05) is 17.7 Å². The average molecular weight is 330 g/mol. The molecule has 0 amide bonds. The number of hydrogen-bond acceptors (Lipinski definition) is 4. The van der Waals surface area contributed by atoms with Crippen molar-refractivity contribution in [2.24, 2.45) is 0 Å². The van der Waals surface area contributed by atoms with E-state index in [1.165, 1.54) is 12.1 Å². The van der Waals surface area contributed by atoms with Gasteiger partial charge in [-0.3, -0.25) is 10.1 Å². The maximum atomic E-state index is 10.8. The van der Waals surface area contributed by atoms with E-state index in [9.17, 15) is 15.4 Å². The predicted octanol–water partition coefficient (Wildman–Crippen LogP) is 4.82. The van der Waals surface area contributed by atoms with Crippen LogP contribution in [0.4, 0.5) is 5.69 Å². The van der Waals surface area contributed by atoms with Crippen LogP contribution in [0.5, 0.6) is 5.75 Å². The van der Waals surface area contributed by atoms with Crippen molar-refractivity contribution in [1.29, 1.82) is 5.26 Å². The normalized spacial score (nSPS) is 11.1. The zero-order valence-corrected chi connectivity index (χ0v) is 13.5. The molecule has 0 N–H and O–H groups in total. The molecular weight excluding hydrogens is 316 g/mol. The molecule has 3 aromatic carbocycles. The third-order valence-electron chi connectivity index (χ3n) is 3.95. The van der Waals surface area contributed by atoms with E-state index in [0.29, 0.717) is 16.9 Å². The Morgan fingerprint density at radius 3 is 2.48 bits per heavy atom. The molecule has 0 aromatic heterocycles. The molecule has 0 atom stereocenters. The standard InChI is InChI=1S/C20H14N2O3/c1-25-20-11-8-15-4-2-3-5-18(15)19(20)12-16(13-21)14-6-9-17(10-7-14)22(23)24/h2-12H,1H3. The summed E-state index contributed by atoms with van der Waals surface area (Å²) < 4.78 is 5.44. The number of nitrogens with zero attached hydrogens (tertiary/aromatic N) is 2. The molecule has 0 fully saturated rings. The topological polar surface area (TPSA) is 76.2 Å². The molecule has 0 bridgehead atoms. The quantitative estimate of drug-likeness (QED) is 0.297. The van der Waals surface area contributed by atoms with Crippen LogP contribution in [-0.4, -0.2) is 12.0 Å². The van der Waals surface area contributed by atoms with Crippen LogP contribution in [-0.2, 0) is 0 Å². The van der Waals surface area contributed by atoms with Gasteiger partial charge in [-0.2, -0.15) is 5.26 Å². The highest BCUT2D eigenvalue weighted by atomic mass is 16.6. The molecule has 0 aliphatic rings. The lowest BCUT2D eigenvalue weighted by molar-refractivity contribution is -0.384. The second-order valence-corrected chi connectivity index (χ2v) is 5.38. The van der Waals surface area contributed by atoms with Gasteiger partial charge in [-0.1, -0.05) is 30.3 Å². The third kappa shape index (κ3) is 3.19. The lowest BCUT2D eigenvalue weighted by atomic mass is 9.98. The molecule has 0 unspecified atom stereocenters. The van der Waals surface area contributed by atoms with E-state index in [-0.39, 0.29) is 5.69 Å². The highest BCUT2D eigenvalue weighted by Crippen LogP contribution is 2.32. The smallest absolute Gasteiger partial charge is 0.269 e. The van der Waals surface area contributed by atoms with E-state index < -0.39 is 4.92 Å². The first-order chi connectivity index (χ1) is 12.1. The summed E-state index contributed by atoms with van der Waals surface area (Å²) in [6.45, 7) is 0. The Bertz CT molecular complexity index is 1020. The van der Waals surface area contributed by atoms with Crippen LogP contribution in [0.2, 0.25) is 0 Å². The van der Waals surface area contributed by atoms with Crippen LogP contribution in [0, 0.1) is 21.4 Å². The molecule has 122 valence electrons. The monoisotopic (exact) mass is 330 g/mol. The van der Waals surface area contributed by atoms with Crippen LogP contribution < -0.4 is 4.74 Å². The van der Waals surface area contributed by atoms with Crippen LogP contribution in [0.15, 0.2) is 60.7 Å². The molecule has 0 aliphatic carbocycles. The SMILES string of the molecule is COc1ccc2ccccc2c1C=C(C#N)c1ccc([N+](=O)[O-])cc1. The number of methoxy groups -OCH3 is 1. The lowest BCUT2D eigenvalue weighted by Crippen LogP contribution is -1.91. The van der Waals surface area contributed by atoms with Gasteiger partial charge >= 0.3 is 0 Å². The number of rotatable bonds is 4. The second kappa shape index (κ2) is 6.85. The van der Waals surface area contributed by atoms with E-state index in [0.717, 1.165) is 16.3 Å². The molecule has 3 aromatic rings. The first-order valence-corrected chi connectivity index (χ1v) is 7.56. The zero-order chi connectivity index (χ0) is 17.8. The number of fused-ring (bicyclic) bond motifs is 1. The average Bonchev–Trinajstić information content (AvgIpc) is 2.66. The third-order valence-corrected chi connectivity index (χ3v) is 3.95. The molecule has 0 heterocycles. The summed E-state index contributed by atoms with van der Waals surface area (Å²) in [6.07, 6.45) is 1.75. The summed E-state index contributed by atoms with van der Waals surface area (Å²) in [6, 6.07) is 19.7. The fraction of sp³-hybridized carbons (Fsp3) is 0.0500. The van der Waals surface area contributed by atoms with Gasteiger partial charge < -0.3 is 4.74 Å². The fourth-order valence-corrected chi connectivity index (χ4v) is 2.69. The van der Waals surface area contributed by atoms with Gasteiger partial charge in [-0.15, -0.1) is 0 Å². The Labute approximate surface area is 144 Å². The second-order valence-electron chi connectivity index (χ2n) is 5.38. The van der Waals surface area contributed by atoms with Crippen LogP contribution in [0.3, 0.4) is 0 Å². The van der Waals surface area contributed by atoms with Crippen LogP contribution >= 0.6 is 0 Å². The Morgan fingerprint density at radius 1 is 1.12 bits per heavy atom. The summed E-state index contributed by atoms with van der Waals surface area (Å²) in [5.74, 6) is 0.661. The van der Waals surface area contributed by atoms with Crippen molar-refractivity contribution >= 4 is 28.1 Å². The van der Waals surface area contributed by atoms with Gasteiger partial charge in [0.2, 0.25) is 0 Å². The minimum Gasteiger partial charge on any atom is -0.496 e. The summed E-state index contributed by atoms with van der Waals surface area (Å²) in [4.78, 5) is 10.3. The maximum Gasteiger partial charge on any atom is 0.269 e. The molecule has 5 nitrogen and oxygen atoms in total. The van der Waals surface area contributed by atoms with Crippen molar-refractivity contribution in [2.45, 2.75) is 0 Å². The van der Waals surface area contributed by atoms with Gasteiger partial charge in [-0.05, 0) is 40.6 Å². The van der Waals surface area contributed by atoms with E-state index >= 15 is 0 Å². The molecular formula is C20H14N2O3. The number of nitriles is 1. The number of allylic oxidation sites excluding steroid dienone is 1. The minimum atomic E-state index is -0.465. The Hall–Kier alpha value is -3.65. The highest BCUT2D eigenvalue weighted by Gasteiger charge is 2.10. The largest absolute Gasteiger partial charge is 0.496 e. The minimum absolute atomic E-state index is 0.0104. The summed E-state index contributed by atoms with van der Waals surface area (Å²) in [5, 5.41) is 22.4. The van der Waals surface area contributed by atoms with Gasteiger partial charge in [0.15, 0.2) is 0 Å². The predicted molar refractivity (Wildman–Crippen MR) is 97.1 cm³/mol. The number of nitro groups is 1. The first kappa shape index (κ1) is 16.2. The number of benzene rings is 3. The number of ether oxygens (including phenoxy) is 1. The molecule has 3 rings (SSSR count). The van der Waals surface area contributed by atoms with Crippen molar-refractivity contribution in [3.63, 3.8) is 0 Å². The summed E-state index contributed by atoms with van der Waals surface area (Å²) in [5.41, 5.74) is 1.81. The van der Waals surface area contributed by atoms with Crippen molar-refractivity contribution < 1.29 is 9.66 Å². The molecule has 5 heteroatoms. The molecule has 0 spiro atoms. The molecule has 0 saturated carbocycles. The maximum absolute atomic E-state index is 10.8. The van der Waals surface area contributed by atoms with Crippen molar-refractivity contribution in [2.75, 3.05) is 7.11 Å². The van der Waals surface area contributed by atoms with Crippen molar-refractivity contribution in [3.8, 4) is 11.8 Å². The van der Waals surface area contributed by atoms with Crippen molar-refractivity contribution in [1.82, 2.24) is 0 Å². The van der Waals surface area contributed by atoms with Crippen LogP contribution in [0.1, 0.15) is 11.1 Å². The summed E-state index contributed by atoms with van der Waals surface area (Å²) >= 11 is 0. The first-order valence-electron chi connectivity index (χ1n) is 7.56. The van der Waals surface area contributed by atoms with E-state index in [1.807, 2.05) is 36.4 Å². The van der Waals surface area contributed by atoms with Gasteiger partial charge in [0.1, 0.15) is 5.75 Å². The van der Waals surface area contributed by atoms with E-state index in [4.69, 9.17) is 4.74 Å².